The number of allylic oxidation sites excluding steroid dienone is 7. The number of hydrogen-bond acceptors (Lipinski definition) is 5. The second-order valence-corrected chi connectivity index (χ2v) is 26.3. The van der Waals surface area contributed by atoms with Crippen molar-refractivity contribution in [3.8, 4) is 0 Å². The van der Waals surface area contributed by atoms with Gasteiger partial charge in [-0.2, -0.15) is 0 Å². The summed E-state index contributed by atoms with van der Waals surface area (Å²) < 4.78 is 5.50. The third-order valence-corrected chi connectivity index (χ3v) is 17.8. The van der Waals surface area contributed by atoms with E-state index in [-0.39, 0.29) is 18.5 Å². The molecule has 6 heteroatoms. The molecule has 3 N–H and O–H groups in total. The van der Waals surface area contributed by atoms with E-state index >= 15 is 0 Å². The Balaban J connectivity index is 3.38. The van der Waals surface area contributed by atoms with Gasteiger partial charge in [-0.15, -0.1) is 0 Å². The van der Waals surface area contributed by atoms with Crippen LogP contribution in [0.5, 0.6) is 0 Å². The molecule has 0 bridgehead atoms. The molecule has 85 heavy (non-hydrogen) atoms. The summed E-state index contributed by atoms with van der Waals surface area (Å²) in [4.78, 5) is 24.6. The van der Waals surface area contributed by atoms with Gasteiger partial charge in [-0.05, 0) is 89.9 Å². The Morgan fingerprint density at radius 1 is 0.329 bits per heavy atom. The average Bonchev–Trinajstić information content (AvgIpc) is 3.51. The second kappa shape index (κ2) is 74.3. The van der Waals surface area contributed by atoms with E-state index in [1.54, 1.807) is 6.08 Å². The minimum absolute atomic E-state index is 0.0136. The average molecular weight is 1190 g/mol. The number of amides is 1. The van der Waals surface area contributed by atoms with Gasteiger partial charge in [0.15, 0.2) is 0 Å². The Kier molecular flexibility index (Phi) is 72.4. The van der Waals surface area contributed by atoms with Crippen LogP contribution in [0.1, 0.15) is 418 Å². The van der Waals surface area contributed by atoms with Gasteiger partial charge in [-0.25, -0.2) is 0 Å². The van der Waals surface area contributed by atoms with Gasteiger partial charge >= 0.3 is 5.97 Å². The van der Waals surface area contributed by atoms with Crippen molar-refractivity contribution in [3.63, 3.8) is 0 Å². The van der Waals surface area contributed by atoms with Crippen LogP contribution in [0.15, 0.2) is 48.6 Å². The van der Waals surface area contributed by atoms with E-state index in [1.165, 1.54) is 340 Å². The van der Waals surface area contributed by atoms with Crippen LogP contribution < -0.4 is 5.32 Å². The summed E-state index contributed by atoms with van der Waals surface area (Å²) in [5.74, 6) is -0.0495. The monoisotopic (exact) mass is 1190 g/mol. The number of unbranched alkanes of at least 4 members (excludes halogenated alkanes) is 55. The van der Waals surface area contributed by atoms with Crippen LogP contribution in [0, 0.1) is 0 Å². The SMILES string of the molecule is CCCCCCCC/C=C\CCCCCCCCCC(=O)OCCCCCCCCCCCCC/C=C\C/C=C\CCCCCCCCCCCCCCCCCCCC(=O)NC(CO)C(O)/C=C/CCCCCCCCCCCCCCCC. The van der Waals surface area contributed by atoms with Crippen LogP contribution in [-0.2, 0) is 14.3 Å². The minimum Gasteiger partial charge on any atom is -0.466 e. The lowest BCUT2D eigenvalue weighted by Crippen LogP contribution is -2.45. The van der Waals surface area contributed by atoms with Gasteiger partial charge in [0.25, 0.3) is 0 Å². The largest absolute Gasteiger partial charge is 0.466 e. The predicted octanol–water partition coefficient (Wildman–Crippen LogP) is 25.2. The highest BCUT2D eigenvalue weighted by Gasteiger charge is 2.18. The van der Waals surface area contributed by atoms with Crippen LogP contribution in [0.2, 0.25) is 0 Å². The second-order valence-electron chi connectivity index (χ2n) is 26.3. The van der Waals surface area contributed by atoms with Crippen LogP contribution in [0.3, 0.4) is 0 Å². The maximum absolute atomic E-state index is 12.5. The molecule has 1 amide bonds. The molecule has 0 spiro atoms. The number of hydrogen-bond donors (Lipinski definition) is 3. The molecule has 0 radical (unpaired) electrons. The third-order valence-electron chi connectivity index (χ3n) is 17.8. The number of ether oxygens (including phenoxy) is 1. The summed E-state index contributed by atoms with van der Waals surface area (Å²) in [5, 5.41) is 23.2. The van der Waals surface area contributed by atoms with Crippen molar-refractivity contribution >= 4 is 11.9 Å². The molecule has 0 aliphatic heterocycles. The molecule has 2 unspecified atom stereocenters. The maximum atomic E-state index is 12.5. The molecule has 0 fully saturated rings. The smallest absolute Gasteiger partial charge is 0.305 e. The predicted molar refractivity (Wildman–Crippen MR) is 375 cm³/mol. The lowest BCUT2D eigenvalue weighted by molar-refractivity contribution is -0.143. The summed E-state index contributed by atoms with van der Waals surface area (Å²) >= 11 is 0. The third kappa shape index (κ3) is 70.8. The fourth-order valence-electron chi connectivity index (χ4n) is 12.0. The number of esters is 1. The van der Waals surface area contributed by atoms with E-state index in [2.05, 4.69) is 55.6 Å². The van der Waals surface area contributed by atoms with Gasteiger partial charge < -0.3 is 20.3 Å². The topological polar surface area (TPSA) is 95.9 Å². The Bertz CT molecular complexity index is 1420. The molecule has 0 aromatic heterocycles. The number of nitrogens with one attached hydrogen (secondary N) is 1. The number of aliphatic hydroxyl groups is 2. The molecule has 0 aliphatic carbocycles. The molecule has 0 heterocycles. The zero-order valence-corrected chi connectivity index (χ0v) is 57.4. The fourth-order valence-corrected chi connectivity index (χ4v) is 12.0. The molecular weight excluding hydrogens is 1040 g/mol. The van der Waals surface area contributed by atoms with Crippen molar-refractivity contribution in [2.45, 2.75) is 431 Å². The van der Waals surface area contributed by atoms with Crippen molar-refractivity contribution in [1.82, 2.24) is 5.32 Å². The van der Waals surface area contributed by atoms with Crippen molar-refractivity contribution in [3.05, 3.63) is 48.6 Å². The first-order valence-electron chi connectivity index (χ1n) is 38.4. The Labute approximate surface area is 531 Å². The molecule has 2 atom stereocenters. The van der Waals surface area contributed by atoms with Gasteiger partial charge in [-0.3, -0.25) is 9.59 Å². The highest BCUT2D eigenvalue weighted by atomic mass is 16.5. The minimum atomic E-state index is -0.843. The molecule has 0 aromatic carbocycles. The lowest BCUT2D eigenvalue weighted by Gasteiger charge is -2.20. The molecular formula is C79H149NO5. The van der Waals surface area contributed by atoms with Gasteiger partial charge in [-0.1, -0.05) is 364 Å². The van der Waals surface area contributed by atoms with E-state index in [0.29, 0.717) is 19.4 Å². The van der Waals surface area contributed by atoms with Crippen molar-refractivity contribution in [2.75, 3.05) is 13.2 Å². The maximum Gasteiger partial charge on any atom is 0.305 e. The first-order valence-corrected chi connectivity index (χ1v) is 38.4. The van der Waals surface area contributed by atoms with Crippen molar-refractivity contribution in [1.29, 1.82) is 0 Å². The molecule has 0 saturated heterocycles. The van der Waals surface area contributed by atoms with Gasteiger partial charge in [0, 0.05) is 12.8 Å². The van der Waals surface area contributed by atoms with Gasteiger partial charge in [0.1, 0.15) is 0 Å². The van der Waals surface area contributed by atoms with E-state index in [1.807, 2.05) is 6.08 Å². The summed E-state index contributed by atoms with van der Waals surface area (Å²) in [6, 6.07) is -0.627. The zero-order valence-electron chi connectivity index (χ0n) is 57.4. The van der Waals surface area contributed by atoms with E-state index < -0.39 is 12.1 Å². The fraction of sp³-hybridized carbons (Fsp3) is 0.873. The molecule has 0 aliphatic rings. The Hall–Kier alpha value is -2.18. The summed E-state index contributed by atoms with van der Waals surface area (Å²) in [6.07, 6.45) is 97.9. The van der Waals surface area contributed by atoms with Crippen molar-refractivity contribution < 1.29 is 24.5 Å². The molecule has 6 nitrogen and oxygen atoms in total. The highest BCUT2D eigenvalue weighted by Crippen LogP contribution is 2.19. The number of carbonyl (C=O) groups is 2. The van der Waals surface area contributed by atoms with E-state index in [4.69, 9.17) is 4.74 Å². The van der Waals surface area contributed by atoms with E-state index in [0.717, 1.165) is 51.4 Å². The van der Waals surface area contributed by atoms with E-state index in [9.17, 15) is 19.8 Å². The lowest BCUT2D eigenvalue weighted by atomic mass is 10.0. The summed E-state index contributed by atoms with van der Waals surface area (Å²) in [7, 11) is 0. The normalized spacial score (nSPS) is 12.8. The number of carbonyl (C=O) groups excluding carboxylic acids is 2. The van der Waals surface area contributed by atoms with Crippen LogP contribution in [0.25, 0.3) is 0 Å². The summed E-state index contributed by atoms with van der Waals surface area (Å²) in [5.41, 5.74) is 0. The van der Waals surface area contributed by atoms with Crippen molar-refractivity contribution in [2.24, 2.45) is 0 Å². The quantitative estimate of drug-likeness (QED) is 0.0320. The zero-order chi connectivity index (χ0) is 61.3. The molecule has 0 aromatic rings. The Morgan fingerprint density at radius 3 is 0.906 bits per heavy atom. The first kappa shape index (κ1) is 82.8. The first-order chi connectivity index (χ1) is 42.0. The number of rotatable bonds is 72. The number of aliphatic hydroxyl groups excluding tert-OH is 2. The highest BCUT2D eigenvalue weighted by molar-refractivity contribution is 5.76. The van der Waals surface area contributed by atoms with Gasteiger partial charge in [0.05, 0.1) is 25.4 Å². The van der Waals surface area contributed by atoms with Crippen LogP contribution in [-0.4, -0.2) is 47.4 Å². The van der Waals surface area contributed by atoms with Gasteiger partial charge in [0.2, 0.25) is 5.91 Å². The van der Waals surface area contributed by atoms with Crippen LogP contribution >= 0.6 is 0 Å². The van der Waals surface area contributed by atoms with Crippen LogP contribution in [0.4, 0.5) is 0 Å². The molecule has 0 saturated carbocycles. The standard InChI is InChI=1S/C79H149NO5/c1-3-5-7-9-11-13-15-17-19-40-45-49-53-57-61-65-69-73-79(84)85-74-70-66-62-58-54-50-46-42-39-37-35-33-31-29-27-25-23-21-22-24-26-28-30-32-34-36-38-41-44-48-52-56-60-64-68-72-78(83)80-76(75-81)77(82)71-67-63-59-55-51-47-43-20-18-16-14-12-10-8-6-4-2/h17,19,23,25,29,31,67,71,76-77,81-82H,3-16,18,20-22,24,26-28,30,32-66,68-70,72-75H2,1-2H3,(H,80,83)/b19-17-,25-23-,31-29-,71-67+. The molecule has 0 rings (SSSR count). The summed E-state index contributed by atoms with van der Waals surface area (Å²) in [6.45, 7) is 4.93. The Morgan fingerprint density at radius 2 is 0.588 bits per heavy atom. The molecule has 500 valence electrons.